The third kappa shape index (κ3) is 3.56. The first-order valence-corrected chi connectivity index (χ1v) is 7.43. The fourth-order valence-corrected chi connectivity index (χ4v) is 2.68. The highest BCUT2D eigenvalue weighted by molar-refractivity contribution is 5.81. The Balaban J connectivity index is 2.05. The van der Waals surface area contributed by atoms with E-state index in [2.05, 4.69) is 5.32 Å². The van der Waals surface area contributed by atoms with Crippen LogP contribution in [0.3, 0.4) is 0 Å². The molecule has 122 valence electrons. The van der Waals surface area contributed by atoms with Gasteiger partial charge in [0.15, 0.2) is 11.6 Å². The van der Waals surface area contributed by atoms with Crippen molar-refractivity contribution in [2.24, 2.45) is 11.1 Å². The molecule has 1 atom stereocenters. The molecule has 0 spiro atoms. The summed E-state index contributed by atoms with van der Waals surface area (Å²) in [6.45, 7) is 3.53. The Labute approximate surface area is 130 Å². The third-order valence-corrected chi connectivity index (χ3v) is 4.39. The van der Waals surface area contributed by atoms with E-state index in [0.29, 0.717) is 32.6 Å². The number of benzene rings is 1. The fraction of sp³-hybridized carbons (Fsp3) is 0.562. The van der Waals surface area contributed by atoms with Gasteiger partial charge in [-0.25, -0.2) is 4.39 Å². The quantitative estimate of drug-likeness (QED) is 0.840. The van der Waals surface area contributed by atoms with Gasteiger partial charge in [-0.3, -0.25) is 4.79 Å². The molecule has 1 aliphatic heterocycles. The predicted molar refractivity (Wildman–Crippen MR) is 81.1 cm³/mol. The third-order valence-electron chi connectivity index (χ3n) is 4.39. The predicted octanol–water partition coefficient (Wildman–Crippen LogP) is 1.77. The number of methoxy groups -OCH3 is 1. The van der Waals surface area contributed by atoms with Gasteiger partial charge in [0.05, 0.1) is 12.5 Å². The monoisotopic (exact) mass is 310 g/mol. The molecule has 0 unspecified atom stereocenters. The van der Waals surface area contributed by atoms with Gasteiger partial charge in [0.2, 0.25) is 5.91 Å². The zero-order valence-corrected chi connectivity index (χ0v) is 13.0. The molecule has 0 aromatic heterocycles. The molecule has 0 bridgehead atoms. The van der Waals surface area contributed by atoms with Gasteiger partial charge in [-0.05, 0) is 37.5 Å². The van der Waals surface area contributed by atoms with Gasteiger partial charge in [-0.2, -0.15) is 0 Å². The molecule has 6 heteroatoms. The van der Waals surface area contributed by atoms with Crippen molar-refractivity contribution in [2.45, 2.75) is 25.8 Å². The second-order valence-electron chi connectivity index (χ2n) is 5.75. The van der Waals surface area contributed by atoms with Crippen LogP contribution in [-0.2, 0) is 9.53 Å². The van der Waals surface area contributed by atoms with Crippen LogP contribution < -0.4 is 15.8 Å². The zero-order valence-electron chi connectivity index (χ0n) is 13.0. The van der Waals surface area contributed by atoms with E-state index in [9.17, 15) is 9.18 Å². The maximum atomic E-state index is 13.5. The number of hydrogen-bond donors (Lipinski definition) is 2. The summed E-state index contributed by atoms with van der Waals surface area (Å²) >= 11 is 0. The molecule has 1 saturated heterocycles. The number of rotatable bonds is 6. The molecule has 0 aliphatic carbocycles. The first-order valence-electron chi connectivity index (χ1n) is 7.43. The van der Waals surface area contributed by atoms with E-state index < -0.39 is 11.2 Å². The van der Waals surface area contributed by atoms with Gasteiger partial charge in [-0.15, -0.1) is 0 Å². The molecule has 1 heterocycles. The second-order valence-corrected chi connectivity index (χ2v) is 5.75. The van der Waals surface area contributed by atoms with Crippen molar-refractivity contribution < 1.29 is 18.7 Å². The average molecular weight is 310 g/mol. The number of amides is 1. The highest BCUT2D eigenvalue weighted by Gasteiger charge is 2.38. The lowest BCUT2D eigenvalue weighted by Crippen LogP contribution is -2.48. The van der Waals surface area contributed by atoms with Crippen molar-refractivity contribution >= 4 is 5.91 Å². The van der Waals surface area contributed by atoms with Crippen LogP contribution in [0.4, 0.5) is 4.39 Å². The summed E-state index contributed by atoms with van der Waals surface area (Å²) in [7, 11) is 1.43. The molecule has 1 aliphatic rings. The smallest absolute Gasteiger partial charge is 0.225 e. The van der Waals surface area contributed by atoms with Gasteiger partial charge in [0, 0.05) is 25.8 Å². The Hall–Kier alpha value is -1.66. The van der Waals surface area contributed by atoms with Gasteiger partial charge in [0.1, 0.15) is 0 Å². The highest BCUT2D eigenvalue weighted by atomic mass is 19.1. The Bertz CT molecular complexity index is 530. The first kappa shape index (κ1) is 16.7. The molecule has 2 rings (SSSR count). The molecular formula is C16H23FN2O3. The van der Waals surface area contributed by atoms with E-state index in [1.807, 2.05) is 6.92 Å². The molecular weight excluding hydrogens is 287 g/mol. The summed E-state index contributed by atoms with van der Waals surface area (Å²) < 4.78 is 23.8. The van der Waals surface area contributed by atoms with Crippen molar-refractivity contribution in [3.05, 3.63) is 29.6 Å². The standard InChI is InChI=1S/C16H23FN2O3/c1-11(12-3-4-13(17)14(9-12)21-2)19-10-16(15(18)20)5-7-22-8-6-16/h3-4,9,11,19H,5-8,10H2,1-2H3,(H2,18,20)/t11-/m1/s1. The highest BCUT2D eigenvalue weighted by Crippen LogP contribution is 2.30. The van der Waals surface area contributed by atoms with Crippen LogP contribution >= 0.6 is 0 Å². The van der Waals surface area contributed by atoms with E-state index in [0.717, 1.165) is 5.56 Å². The van der Waals surface area contributed by atoms with Crippen LogP contribution in [0.25, 0.3) is 0 Å². The van der Waals surface area contributed by atoms with E-state index in [1.165, 1.54) is 13.2 Å². The van der Waals surface area contributed by atoms with E-state index in [4.69, 9.17) is 15.2 Å². The summed E-state index contributed by atoms with van der Waals surface area (Å²) in [6.07, 6.45) is 1.24. The van der Waals surface area contributed by atoms with Crippen molar-refractivity contribution in [1.82, 2.24) is 5.32 Å². The summed E-state index contributed by atoms with van der Waals surface area (Å²) in [5.74, 6) is -0.481. The lowest BCUT2D eigenvalue weighted by atomic mass is 9.79. The van der Waals surface area contributed by atoms with Crippen LogP contribution in [0.5, 0.6) is 5.75 Å². The maximum Gasteiger partial charge on any atom is 0.225 e. The summed E-state index contributed by atoms with van der Waals surface area (Å²) in [5, 5.41) is 3.33. The molecule has 3 N–H and O–H groups in total. The number of carbonyl (C=O) groups is 1. The lowest BCUT2D eigenvalue weighted by molar-refractivity contribution is -0.133. The minimum Gasteiger partial charge on any atom is -0.494 e. The molecule has 1 aromatic rings. The number of ether oxygens (including phenoxy) is 2. The molecule has 1 fully saturated rings. The Kier molecular flexibility index (Phi) is 5.37. The van der Waals surface area contributed by atoms with Crippen molar-refractivity contribution in [3.8, 4) is 5.75 Å². The fourth-order valence-electron chi connectivity index (χ4n) is 2.68. The van der Waals surface area contributed by atoms with Crippen LogP contribution in [0.2, 0.25) is 0 Å². The molecule has 0 radical (unpaired) electrons. The zero-order chi connectivity index (χ0) is 16.2. The minimum absolute atomic E-state index is 0.0476. The molecule has 22 heavy (non-hydrogen) atoms. The number of primary amides is 1. The molecule has 0 saturated carbocycles. The number of hydrogen-bond acceptors (Lipinski definition) is 4. The van der Waals surface area contributed by atoms with Gasteiger partial charge >= 0.3 is 0 Å². The lowest BCUT2D eigenvalue weighted by Gasteiger charge is -2.35. The number of nitrogens with one attached hydrogen (secondary N) is 1. The second kappa shape index (κ2) is 7.07. The normalized spacial score (nSPS) is 18.7. The van der Waals surface area contributed by atoms with Crippen LogP contribution in [0.1, 0.15) is 31.4 Å². The Morgan fingerprint density at radius 2 is 2.18 bits per heavy atom. The molecule has 5 nitrogen and oxygen atoms in total. The topological polar surface area (TPSA) is 73.6 Å². The van der Waals surface area contributed by atoms with Crippen LogP contribution in [0.15, 0.2) is 18.2 Å². The van der Waals surface area contributed by atoms with Crippen molar-refractivity contribution in [1.29, 1.82) is 0 Å². The SMILES string of the molecule is COc1cc([C@@H](C)NCC2(C(N)=O)CCOCC2)ccc1F. The van der Waals surface area contributed by atoms with E-state index >= 15 is 0 Å². The summed E-state index contributed by atoms with van der Waals surface area (Å²) in [5.41, 5.74) is 5.91. The largest absolute Gasteiger partial charge is 0.494 e. The average Bonchev–Trinajstić information content (AvgIpc) is 2.53. The minimum atomic E-state index is -0.573. The van der Waals surface area contributed by atoms with Gasteiger partial charge < -0.3 is 20.5 Å². The molecule has 1 aromatic carbocycles. The first-order chi connectivity index (χ1) is 10.5. The maximum absolute atomic E-state index is 13.5. The Morgan fingerprint density at radius 1 is 1.50 bits per heavy atom. The summed E-state index contributed by atoms with van der Waals surface area (Å²) in [6, 6.07) is 4.70. The number of carbonyl (C=O) groups excluding carboxylic acids is 1. The van der Waals surface area contributed by atoms with Crippen LogP contribution in [-0.4, -0.2) is 32.8 Å². The Morgan fingerprint density at radius 3 is 2.77 bits per heavy atom. The van der Waals surface area contributed by atoms with Crippen molar-refractivity contribution in [2.75, 3.05) is 26.9 Å². The number of halogens is 1. The van der Waals surface area contributed by atoms with Crippen molar-refractivity contribution in [3.63, 3.8) is 0 Å². The van der Waals surface area contributed by atoms with E-state index in [-0.39, 0.29) is 17.7 Å². The van der Waals surface area contributed by atoms with Crippen LogP contribution in [0, 0.1) is 11.2 Å². The van der Waals surface area contributed by atoms with E-state index in [1.54, 1.807) is 12.1 Å². The van der Waals surface area contributed by atoms with Gasteiger partial charge in [-0.1, -0.05) is 6.07 Å². The number of nitrogens with two attached hydrogens (primary N) is 1. The summed E-state index contributed by atoms with van der Waals surface area (Å²) in [4.78, 5) is 11.8. The van der Waals surface area contributed by atoms with Gasteiger partial charge in [0.25, 0.3) is 0 Å². The molecule has 1 amide bonds.